The average molecular weight is 373 g/mol. The topological polar surface area (TPSA) is 90.0 Å². The molecule has 1 unspecified atom stereocenters. The molecule has 1 fully saturated rings. The third kappa shape index (κ3) is 5.70. The number of amides is 1. The molecule has 1 atom stereocenters. The lowest BCUT2D eigenvalue weighted by atomic mass is 10.2. The second kappa shape index (κ2) is 8.28. The van der Waals surface area contributed by atoms with Crippen molar-refractivity contribution >= 4 is 21.7 Å². The monoisotopic (exact) mass is 373 g/mol. The van der Waals surface area contributed by atoms with Crippen LogP contribution >= 0.6 is 0 Å². The highest BCUT2D eigenvalue weighted by molar-refractivity contribution is 7.91. The number of ether oxygens (including phenoxy) is 2. The van der Waals surface area contributed by atoms with Crippen LogP contribution in [0.25, 0.3) is 0 Å². The summed E-state index contributed by atoms with van der Waals surface area (Å²) in [7, 11) is -3.11. The molecule has 0 N–H and O–H groups in total. The van der Waals surface area contributed by atoms with Gasteiger partial charge in [0.2, 0.25) is 0 Å². The summed E-state index contributed by atoms with van der Waals surface area (Å²) in [4.78, 5) is 25.2. The van der Waals surface area contributed by atoms with Crippen molar-refractivity contribution in [1.82, 2.24) is 4.90 Å². The van der Waals surface area contributed by atoms with Crippen molar-refractivity contribution in [3.05, 3.63) is 30.1 Å². The van der Waals surface area contributed by atoms with E-state index in [0.717, 1.165) is 0 Å². The van der Waals surface area contributed by atoms with Crippen LogP contribution in [0.1, 0.15) is 13.3 Å². The number of benzene rings is 1. The van der Waals surface area contributed by atoms with Crippen LogP contribution in [0.5, 0.6) is 5.75 Å². The van der Waals surface area contributed by atoms with Crippen LogP contribution in [0.3, 0.4) is 0 Å². The van der Waals surface area contributed by atoms with Gasteiger partial charge in [0.15, 0.2) is 23.1 Å². The molecule has 1 aromatic rings. The smallest absolute Gasteiger partial charge is 0.344 e. The number of nitrogens with zero attached hydrogens (tertiary/aromatic N) is 1. The molecule has 0 aromatic heterocycles. The van der Waals surface area contributed by atoms with Crippen LogP contribution in [-0.4, -0.2) is 62.5 Å². The normalized spacial score (nSPS) is 18.6. The molecule has 2 rings (SSSR count). The summed E-state index contributed by atoms with van der Waals surface area (Å²) in [6.07, 6.45) is 0.392. The maximum Gasteiger partial charge on any atom is 0.344 e. The van der Waals surface area contributed by atoms with Crippen LogP contribution < -0.4 is 4.74 Å². The third-order valence-corrected chi connectivity index (χ3v) is 5.59. The van der Waals surface area contributed by atoms with Gasteiger partial charge in [-0.1, -0.05) is 0 Å². The van der Waals surface area contributed by atoms with Gasteiger partial charge in [0.25, 0.3) is 5.91 Å². The molecule has 0 spiro atoms. The zero-order chi connectivity index (χ0) is 18.4. The van der Waals surface area contributed by atoms with Crippen molar-refractivity contribution < 1.29 is 31.9 Å². The first-order chi connectivity index (χ1) is 11.8. The number of likely N-dealkylation sites (N-methyl/N-ethyl adjacent to an activating group) is 1. The van der Waals surface area contributed by atoms with Crippen LogP contribution in [0.15, 0.2) is 24.3 Å². The summed E-state index contributed by atoms with van der Waals surface area (Å²) in [6, 6.07) is 4.75. The van der Waals surface area contributed by atoms with Gasteiger partial charge in [0, 0.05) is 12.6 Å². The summed E-state index contributed by atoms with van der Waals surface area (Å²) in [5.74, 6) is -1.31. The molecular formula is C16H20FNO6S. The van der Waals surface area contributed by atoms with E-state index in [4.69, 9.17) is 9.47 Å². The van der Waals surface area contributed by atoms with Gasteiger partial charge in [-0.3, -0.25) is 4.79 Å². The Hall–Kier alpha value is -2.16. The van der Waals surface area contributed by atoms with Gasteiger partial charge in [-0.2, -0.15) is 0 Å². The van der Waals surface area contributed by atoms with Gasteiger partial charge in [-0.25, -0.2) is 17.6 Å². The Labute approximate surface area is 145 Å². The fraction of sp³-hybridized carbons (Fsp3) is 0.500. The summed E-state index contributed by atoms with van der Waals surface area (Å²) >= 11 is 0. The van der Waals surface area contributed by atoms with E-state index in [1.54, 1.807) is 6.92 Å². The van der Waals surface area contributed by atoms with E-state index in [1.165, 1.54) is 29.2 Å². The van der Waals surface area contributed by atoms with E-state index in [0.29, 0.717) is 18.7 Å². The van der Waals surface area contributed by atoms with Gasteiger partial charge in [-0.05, 0) is 37.6 Å². The molecule has 25 heavy (non-hydrogen) atoms. The van der Waals surface area contributed by atoms with E-state index >= 15 is 0 Å². The third-order valence-electron chi connectivity index (χ3n) is 3.84. The molecule has 1 amide bonds. The van der Waals surface area contributed by atoms with Crippen molar-refractivity contribution in [2.75, 3.05) is 31.3 Å². The molecule has 1 heterocycles. The minimum absolute atomic E-state index is 0.0613. The Bertz CT molecular complexity index is 719. The number of sulfone groups is 1. The first kappa shape index (κ1) is 19.2. The molecule has 0 bridgehead atoms. The Morgan fingerprint density at radius 2 is 1.92 bits per heavy atom. The maximum atomic E-state index is 12.8. The van der Waals surface area contributed by atoms with Crippen LogP contribution in [0, 0.1) is 5.82 Å². The maximum absolute atomic E-state index is 12.8. The van der Waals surface area contributed by atoms with Crippen LogP contribution in [0.4, 0.5) is 4.39 Å². The quantitative estimate of drug-likeness (QED) is 0.656. The summed E-state index contributed by atoms with van der Waals surface area (Å²) in [6.45, 7) is 1.18. The van der Waals surface area contributed by atoms with E-state index in [1.807, 2.05) is 0 Å². The Morgan fingerprint density at radius 1 is 1.24 bits per heavy atom. The van der Waals surface area contributed by atoms with E-state index in [9.17, 15) is 22.4 Å². The summed E-state index contributed by atoms with van der Waals surface area (Å²) in [5.41, 5.74) is 0. The first-order valence-electron chi connectivity index (χ1n) is 7.84. The second-order valence-corrected chi connectivity index (χ2v) is 7.87. The SMILES string of the molecule is CCN(C(=O)COC(=O)COc1ccc(F)cc1)C1CCS(=O)(=O)C1. The molecule has 138 valence electrons. The summed E-state index contributed by atoms with van der Waals surface area (Å²) in [5, 5.41) is 0. The Kier molecular flexibility index (Phi) is 6.35. The van der Waals surface area contributed by atoms with Gasteiger partial charge in [0.1, 0.15) is 11.6 Å². The average Bonchev–Trinajstić information content (AvgIpc) is 2.92. The molecule has 0 aliphatic carbocycles. The van der Waals surface area contributed by atoms with Crippen LogP contribution in [-0.2, 0) is 24.2 Å². The lowest BCUT2D eigenvalue weighted by Crippen LogP contribution is -2.43. The number of rotatable bonds is 7. The fourth-order valence-corrected chi connectivity index (χ4v) is 4.33. The highest BCUT2D eigenvalue weighted by atomic mass is 32.2. The zero-order valence-electron chi connectivity index (χ0n) is 13.8. The minimum atomic E-state index is -3.11. The predicted molar refractivity (Wildman–Crippen MR) is 87.3 cm³/mol. The number of carbonyl (C=O) groups is 2. The van der Waals surface area contributed by atoms with Crippen molar-refractivity contribution in [2.24, 2.45) is 0 Å². The predicted octanol–water partition coefficient (Wildman–Crippen LogP) is 0.783. The van der Waals surface area contributed by atoms with Crippen molar-refractivity contribution in [3.8, 4) is 5.75 Å². The van der Waals surface area contributed by atoms with Crippen molar-refractivity contribution in [2.45, 2.75) is 19.4 Å². The molecule has 9 heteroatoms. The molecule has 1 aliphatic rings. The van der Waals surface area contributed by atoms with Gasteiger partial charge < -0.3 is 14.4 Å². The van der Waals surface area contributed by atoms with E-state index in [2.05, 4.69) is 0 Å². The van der Waals surface area contributed by atoms with Gasteiger partial charge in [0.05, 0.1) is 11.5 Å². The Morgan fingerprint density at radius 3 is 2.48 bits per heavy atom. The molecule has 1 aliphatic heterocycles. The summed E-state index contributed by atoms with van der Waals surface area (Å²) < 4.78 is 45.8. The van der Waals surface area contributed by atoms with Crippen molar-refractivity contribution in [1.29, 1.82) is 0 Å². The largest absolute Gasteiger partial charge is 0.482 e. The van der Waals surface area contributed by atoms with Gasteiger partial charge >= 0.3 is 5.97 Å². The Balaban J connectivity index is 1.77. The zero-order valence-corrected chi connectivity index (χ0v) is 14.6. The minimum Gasteiger partial charge on any atom is -0.482 e. The number of hydrogen-bond acceptors (Lipinski definition) is 6. The number of hydrogen-bond donors (Lipinski definition) is 0. The lowest BCUT2D eigenvalue weighted by molar-refractivity contribution is -0.154. The standard InChI is InChI=1S/C16H20FNO6S/c1-2-18(13-7-8-25(21,22)11-13)15(19)9-24-16(20)10-23-14-5-3-12(17)4-6-14/h3-6,13H,2,7-11H2,1H3. The molecule has 1 aromatic carbocycles. The molecular weight excluding hydrogens is 353 g/mol. The lowest BCUT2D eigenvalue weighted by Gasteiger charge is -2.26. The number of halogens is 1. The molecule has 1 saturated heterocycles. The highest BCUT2D eigenvalue weighted by Gasteiger charge is 2.34. The first-order valence-corrected chi connectivity index (χ1v) is 9.66. The van der Waals surface area contributed by atoms with E-state index < -0.39 is 40.7 Å². The fourth-order valence-electron chi connectivity index (χ4n) is 2.60. The van der Waals surface area contributed by atoms with Crippen LogP contribution in [0.2, 0.25) is 0 Å². The van der Waals surface area contributed by atoms with Crippen molar-refractivity contribution in [3.63, 3.8) is 0 Å². The molecule has 0 radical (unpaired) electrons. The second-order valence-electron chi connectivity index (χ2n) is 5.64. The van der Waals surface area contributed by atoms with E-state index in [-0.39, 0.29) is 17.5 Å². The highest BCUT2D eigenvalue weighted by Crippen LogP contribution is 2.18. The number of carbonyl (C=O) groups excluding carboxylic acids is 2. The van der Waals surface area contributed by atoms with Gasteiger partial charge in [-0.15, -0.1) is 0 Å². The molecule has 7 nitrogen and oxygen atoms in total. The number of esters is 1. The molecule has 0 saturated carbocycles.